The zero-order valence-corrected chi connectivity index (χ0v) is 21.4. The maximum absolute atomic E-state index is 13.7. The number of halogens is 1. The number of likely N-dealkylation sites (N-methyl/N-ethyl adjacent to an activating group) is 1. The number of benzene rings is 2. The molecule has 0 atom stereocenters. The van der Waals surface area contributed by atoms with Gasteiger partial charge in [0.25, 0.3) is 5.91 Å². The Hall–Kier alpha value is -3.46. The van der Waals surface area contributed by atoms with Crippen molar-refractivity contribution in [3.63, 3.8) is 0 Å². The van der Waals surface area contributed by atoms with Crippen LogP contribution in [-0.4, -0.2) is 53.7 Å². The number of hydrogen-bond donors (Lipinski definition) is 1. The van der Waals surface area contributed by atoms with Gasteiger partial charge in [-0.2, -0.15) is 0 Å². The normalized spacial score (nSPS) is 13.1. The van der Waals surface area contributed by atoms with Gasteiger partial charge in [0.05, 0.1) is 18.8 Å². The lowest BCUT2D eigenvalue weighted by Crippen LogP contribution is -2.48. The number of fused-ring (bicyclic) bond motifs is 2. The summed E-state index contributed by atoms with van der Waals surface area (Å²) >= 11 is 0. The van der Waals surface area contributed by atoms with Gasteiger partial charge in [-0.15, -0.1) is 0 Å². The molecule has 0 spiro atoms. The Morgan fingerprint density at radius 1 is 1.11 bits per heavy atom. The first-order valence-electron chi connectivity index (χ1n) is 12.4. The van der Waals surface area contributed by atoms with E-state index in [0.717, 1.165) is 52.7 Å². The number of nitrogens with one attached hydrogen (secondary N) is 1. The minimum absolute atomic E-state index is 0.000444. The van der Waals surface area contributed by atoms with E-state index in [1.165, 1.54) is 12.1 Å². The van der Waals surface area contributed by atoms with E-state index in [-0.39, 0.29) is 30.7 Å². The maximum atomic E-state index is 13.7. The number of carbonyl (C=O) groups excluding carboxylic acids is 2. The van der Waals surface area contributed by atoms with Crippen LogP contribution in [0.1, 0.15) is 48.6 Å². The molecular weight excluding hydrogens is 461 g/mol. The molecule has 0 saturated heterocycles. The molecule has 1 aromatic heterocycles. The van der Waals surface area contributed by atoms with Crippen molar-refractivity contribution in [3.05, 3.63) is 58.5 Å². The molecule has 1 N–H and O–H groups in total. The number of amides is 2. The lowest BCUT2D eigenvalue weighted by molar-refractivity contribution is -0.145. The highest BCUT2D eigenvalue weighted by molar-refractivity contribution is 5.90. The fourth-order valence-electron chi connectivity index (χ4n) is 4.58. The van der Waals surface area contributed by atoms with Crippen LogP contribution in [0, 0.1) is 19.7 Å². The minimum Gasteiger partial charge on any atom is -0.356 e. The predicted molar refractivity (Wildman–Crippen MR) is 137 cm³/mol. The second-order valence-corrected chi connectivity index (χ2v) is 9.47. The molecule has 2 heterocycles. The summed E-state index contributed by atoms with van der Waals surface area (Å²) in [7, 11) is 1.71. The van der Waals surface area contributed by atoms with Crippen LogP contribution in [0.25, 0.3) is 11.0 Å². The largest absolute Gasteiger partial charge is 0.356 e. The summed E-state index contributed by atoms with van der Waals surface area (Å²) in [6, 6.07) is 8.53. The Kier molecular flexibility index (Phi) is 7.88. The van der Waals surface area contributed by atoms with Crippen molar-refractivity contribution in [1.29, 1.82) is 0 Å². The average Bonchev–Trinajstić information content (AvgIpc) is 3.43. The average molecular weight is 496 g/mol. The quantitative estimate of drug-likeness (QED) is 0.427. The van der Waals surface area contributed by atoms with E-state index >= 15 is 0 Å². The van der Waals surface area contributed by atoms with Crippen LogP contribution in [0.2, 0.25) is 0 Å². The first-order chi connectivity index (χ1) is 17.3. The third-order valence-corrected chi connectivity index (χ3v) is 6.73. The second-order valence-electron chi connectivity index (χ2n) is 9.47. The van der Waals surface area contributed by atoms with E-state index in [2.05, 4.69) is 17.4 Å². The summed E-state index contributed by atoms with van der Waals surface area (Å²) in [5.74, 6) is -0.594. The molecule has 1 aliphatic rings. The van der Waals surface area contributed by atoms with Crippen molar-refractivity contribution >= 4 is 28.5 Å². The van der Waals surface area contributed by atoms with Crippen molar-refractivity contribution in [2.75, 3.05) is 31.6 Å². The summed E-state index contributed by atoms with van der Waals surface area (Å²) in [6.07, 6.45) is 3.05. The Morgan fingerprint density at radius 3 is 2.67 bits per heavy atom. The Balaban J connectivity index is 1.52. The van der Waals surface area contributed by atoms with Crippen molar-refractivity contribution in [2.24, 2.45) is 0 Å². The van der Waals surface area contributed by atoms with Gasteiger partial charge < -0.3 is 14.7 Å². The number of hydrogen-bond acceptors (Lipinski definition) is 6. The highest BCUT2D eigenvalue weighted by Crippen LogP contribution is 2.29. The van der Waals surface area contributed by atoms with Crippen molar-refractivity contribution in [1.82, 2.24) is 20.5 Å². The third kappa shape index (κ3) is 5.67. The van der Waals surface area contributed by atoms with Gasteiger partial charge in [0.1, 0.15) is 5.82 Å². The van der Waals surface area contributed by atoms with Gasteiger partial charge in [-0.3, -0.25) is 14.6 Å². The number of hydrazine groups is 1. The molecule has 0 radical (unpaired) electrons. The number of aromatic nitrogens is 1. The van der Waals surface area contributed by atoms with Crippen LogP contribution in [0.15, 0.2) is 34.9 Å². The summed E-state index contributed by atoms with van der Waals surface area (Å²) in [4.78, 5) is 28.0. The van der Waals surface area contributed by atoms with E-state index < -0.39 is 0 Å². The molecule has 36 heavy (non-hydrogen) atoms. The number of nitrogens with zero attached hydrogens (tertiary/aromatic N) is 4. The van der Waals surface area contributed by atoms with Gasteiger partial charge in [-0.25, -0.2) is 9.40 Å². The Morgan fingerprint density at radius 2 is 1.89 bits per heavy atom. The molecule has 1 aliphatic heterocycles. The topological polar surface area (TPSA) is 81.9 Å². The lowest BCUT2D eigenvalue weighted by atomic mass is 10.1. The van der Waals surface area contributed by atoms with Crippen LogP contribution >= 0.6 is 0 Å². The number of aryl methyl sites for hydroxylation is 2. The number of rotatable bonds is 10. The van der Waals surface area contributed by atoms with E-state index in [4.69, 9.17) is 4.52 Å². The first kappa shape index (κ1) is 25.6. The monoisotopic (exact) mass is 495 g/mol. The fourth-order valence-corrected chi connectivity index (χ4v) is 4.58. The smallest absolute Gasteiger partial charge is 0.256 e. The Labute approximate surface area is 211 Å². The summed E-state index contributed by atoms with van der Waals surface area (Å²) in [5, 5.41) is 11.4. The van der Waals surface area contributed by atoms with Gasteiger partial charge in [0, 0.05) is 43.8 Å². The maximum Gasteiger partial charge on any atom is 0.256 e. The minimum atomic E-state index is -0.283. The van der Waals surface area contributed by atoms with Crippen molar-refractivity contribution in [2.45, 2.75) is 53.1 Å². The predicted octanol–water partition coefficient (Wildman–Crippen LogP) is 4.09. The molecule has 8 nitrogen and oxygen atoms in total. The zero-order valence-electron chi connectivity index (χ0n) is 21.4. The van der Waals surface area contributed by atoms with Crippen molar-refractivity contribution < 1.29 is 18.5 Å². The molecule has 2 aromatic carbocycles. The third-order valence-electron chi connectivity index (χ3n) is 6.73. The fraction of sp³-hybridized carbons (Fsp3) is 0.444. The van der Waals surface area contributed by atoms with Gasteiger partial charge >= 0.3 is 0 Å². The number of unbranched alkanes of at least 4 members (excludes halogenated alkanes) is 2. The van der Waals surface area contributed by atoms with Crippen LogP contribution < -0.4 is 10.2 Å². The first-order valence-corrected chi connectivity index (χ1v) is 12.4. The molecule has 4 rings (SSSR count). The van der Waals surface area contributed by atoms with Crippen molar-refractivity contribution in [3.8, 4) is 0 Å². The SMILES string of the molecule is CCCCCNC(=O)CN(CC(=O)N(C)N1Cc2ccc(F)cc2C1)c1cc2onc(C)c2cc1C. The molecule has 0 aliphatic carbocycles. The molecular formula is C27H34FN5O3. The highest BCUT2D eigenvalue weighted by Gasteiger charge is 2.27. The summed E-state index contributed by atoms with van der Waals surface area (Å²) in [6.45, 7) is 7.57. The van der Waals surface area contributed by atoms with Crippen LogP contribution in [-0.2, 0) is 22.7 Å². The van der Waals surface area contributed by atoms with E-state index in [0.29, 0.717) is 25.2 Å². The highest BCUT2D eigenvalue weighted by atomic mass is 19.1. The van der Waals surface area contributed by atoms with Gasteiger partial charge in [0.2, 0.25) is 5.91 Å². The van der Waals surface area contributed by atoms with E-state index in [9.17, 15) is 14.0 Å². The molecule has 192 valence electrons. The van der Waals surface area contributed by atoms with Crippen LogP contribution in [0.3, 0.4) is 0 Å². The van der Waals surface area contributed by atoms with E-state index in [1.807, 2.05) is 31.0 Å². The Bertz CT molecular complexity index is 1260. The molecule has 0 unspecified atom stereocenters. The van der Waals surface area contributed by atoms with Crippen LogP contribution in [0.5, 0.6) is 0 Å². The molecule has 0 fully saturated rings. The van der Waals surface area contributed by atoms with E-state index in [1.54, 1.807) is 23.0 Å². The zero-order chi connectivity index (χ0) is 25.8. The molecule has 9 heteroatoms. The summed E-state index contributed by atoms with van der Waals surface area (Å²) < 4.78 is 19.1. The second kappa shape index (κ2) is 11.1. The molecule has 0 bridgehead atoms. The number of carbonyl (C=O) groups is 2. The summed E-state index contributed by atoms with van der Waals surface area (Å²) in [5.41, 5.74) is 4.95. The standard InChI is InChI=1S/C27H34FN5O3/c1-5-6-7-10-29-26(34)16-32(24-13-25-23(11-18(24)2)19(3)30-36-25)17-27(35)31(4)33-14-20-8-9-22(28)12-21(20)15-33/h8-9,11-13H,5-7,10,14-17H2,1-4H3,(H,29,34). The van der Waals surface area contributed by atoms with Gasteiger partial charge in [0.15, 0.2) is 5.58 Å². The molecule has 2 amide bonds. The van der Waals surface area contributed by atoms with Gasteiger partial charge in [-0.05, 0) is 55.2 Å². The molecule has 3 aromatic rings. The number of anilines is 1. The molecule has 0 saturated carbocycles. The van der Waals surface area contributed by atoms with Gasteiger partial charge in [-0.1, -0.05) is 31.0 Å². The van der Waals surface area contributed by atoms with Crippen LogP contribution in [0.4, 0.5) is 10.1 Å². The lowest BCUT2D eigenvalue weighted by Gasteiger charge is -2.31.